The zero-order valence-corrected chi connectivity index (χ0v) is 29.3. The lowest BCUT2D eigenvalue weighted by molar-refractivity contribution is 0.660. The van der Waals surface area contributed by atoms with Gasteiger partial charge in [-0.2, -0.15) is 5.26 Å². The Morgan fingerprint density at radius 1 is 0.434 bits per heavy atom. The maximum Gasteiger partial charge on any atom is 0.164 e. The van der Waals surface area contributed by atoms with E-state index in [1.807, 2.05) is 85.1 Å². The van der Waals surface area contributed by atoms with Gasteiger partial charge in [0, 0.05) is 40.1 Å². The van der Waals surface area contributed by atoms with E-state index >= 15 is 0 Å². The summed E-state index contributed by atoms with van der Waals surface area (Å²) in [7, 11) is 0. The smallest absolute Gasteiger partial charge is 0.164 e. The molecule has 0 unspecified atom stereocenters. The Morgan fingerprint density at radius 2 is 0.925 bits per heavy atom. The summed E-state index contributed by atoms with van der Waals surface area (Å²) in [5.41, 5.74) is 14.6. The van der Waals surface area contributed by atoms with Crippen molar-refractivity contribution in [3.05, 3.63) is 181 Å². The fraction of sp³-hybridized carbons (Fsp3) is 0.0625. The largest absolute Gasteiger partial charge is 0.264 e. The van der Waals surface area contributed by atoms with E-state index in [4.69, 9.17) is 15.0 Å². The molecule has 2 aromatic heterocycles. The Kier molecular flexibility index (Phi) is 7.79. The summed E-state index contributed by atoms with van der Waals surface area (Å²) in [5, 5.41) is 9.55. The number of nitriles is 1. The SMILES string of the molecule is CC1(C)c2cc(C#N)ccc2-c2ccc(-c3ccc(-c4cc(-c5cccnc5)cc(-c5nc(-c6ccccc6)nc(-c6ccccc6)n5)c4)cc3)cc21. The van der Waals surface area contributed by atoms with Crippen molar-refractivity contribution in [2.24, 2.45) is 0 Å². The van der Waals surface area contributed by atoms with E-state index in [1.54, 1.807) is 6.20 Å². The lowest BCUT2D eigenvalue weighted by atomic mass is 9.81. The van der Waals surface area contributed by atoms with Crippen LogP contribution in [0.2, 0.25) is 0 Å². The summed E-state index contributed by atoms with van der Waals surface area (Å²) in [5.74, 6) is 1.85. The van der Waals surface area contributed by atoms with Gasteiger partial charge in [-0.15, -0.1) is 0 Å². The van der Waals surface area contributed by atoms with Crippen molar-refractivity contribution in [2.45, 2.75) is 19.3 Å². The number of hydrogen-bond acceptors (Lipinski definition) is 5. The monoisotopic (exact) mass is 679 g/mol. The molecule has 0 saturated heterocycles. The first-order valence-electron chi connectivity index (χ1n) is 17.7. The van der Waals surface area contributed by atoms with Gasteiger partial charge in [0.15, 0.2) is 17.5 Å². The fourth-order valence-corrected chi connectivity index (χ4v) is 7.40. The molecule has 0 amide bonds. The molecular weight excluding hydrogens is 647 g/mol. The molecule has 0 fully saturated rings. The number of fused-ring (bicyclic) bond motifs is 3. The Labute approximate surface area is 309 Å². The van der Waals surface area contributed by atoms with Gasteiger partial charge in [0.2, 0.25) is 0 Å². The van der Waals surface area contributed by atoms with E-state index in [0.717, 1.165) is 50.1 Å². The first-order valence-corrected chi connectivity index (χ1v) is 17.7. The second-order valence-corrected chi connectivity index (χ2v) is 13.9. The van der Waals surface area contributed by atoms with Crippen molar-refractivity contribution in [3.63, 3.8) is 0 Å². The highest BCUT2D eigenvalue weighted by Gasteiger charge is 2.35. The van der Waals surface area contributed by atoms with Crippen molar-refractivity contribution in [1.29, 1.82) is 5.26 Å². The highest BCUT2D eigenvalue weighted by atomic mass is 15.0. The van der Waals surface area contributed by atoms with E-state index < -0.39 is 0 Å². The number of hydrogen-bond donors (Lipinski definition) is 0. The molecule has 2 heterocycles. The summed E-state index contributed by atoms with van der Waals surface area (Å²) < 4.78 is 0. The third kappa shape index (κ3) is 5.87. The van der Waals surface area contributed by atoms with Crippen molar-refractivity contribution < 1.29 is 0 Å². The minimum atomic E-state index is -0.202. The molecular formula is C48H33N5. The second kappa shape index (κ2) is 12.9. The Bertz CT molecular complexity index is 2620. The predicted molar refractivity (Wildman–Crippen MR) is 213 cm³/mol. The van der Waals surface area contributed by atoms with Gasteiger partial charge in [0.05, 0.1) is 11.6 Å². The van der Waals surface area contributed by atoms with Crippen LogP contribution >= 0.6 is 0 Å². The molecule has 250 valence electrons. The van der Waals surface area contributed by atoms with Crippen LogP contribution in [0.25, 0.3) is 78.7 Å². The maximum atomic E-state index is 9.55. The summed E-state index contributed by atoms with van der Waals surface area (Å²) in [6.07, 6.45) is 3.68. The molecule has 0 spiro atoms. The fourth-order valence-electron chi connectivity index (χ4n) is 7.40. The van der Waals surface area contributed by atoms with Gasteiger partial charge in [0.1, 0.15) is 0 Å². The van der Waals surface area contributed by atoms with Gasteiger partial charge in [-0.3, -0.25) is 4.98 Å². The maximum absolute atomic E-state index is 9.55. The van der Waals surface area contributed by atoms with Gasteiger partial charge in [0.25, 0.3) is 0 Å². The molecule has 0 bridgehead atoms. The lowest BCUT2D eigenvalue weighted by Crippen LogP contribution is -2.15. The van der Waals surface area contributed by atoms with E-state index in [1.165, 1.54) is 22.3 Å². The van der Waals surface area contributed by atoms with Crippen LogP contribution in [0.1, 0.15) is 30.5 Å². The molecule has 6 aromatic carbocycles. The zero-order chi connectivity index (χ0) is 35.9. The van der Waals surface area contributed by atoms with Crippen LogP contribution in [0, 0.1) is 11.3 Å². The minimum Gasteiger partial charge on any atom is -0.264 e. The lowest BCUT2D eigenvalue weighted by Gasteiger charge is -2.22. The Balaban J connectivity index is 1.13. The number of pyridine rings is 1. The standard InChI is InChI=1S/C48H33N5/c1-48(2)43-24-31(29-49)15-21-41(43)42-22-20-36(28-44(42)48)32-16-18-33(19-17-32)38-25-39(37-14-9-23-50-30-37)27-40(26-38)47-52-45(34-10-5-3-6-11-34)51-46(53-47)35-12-7-4-8-13-35/h3-28,30H,1-2H3. The van der Waals surface area contributed by atoms with Gasteiger partial charge in [-0.05, 0) is 92.5 Å². The molecule has 9 rings (SSSR count). The third-order valence-corrected chi connectivity index (χ3v) is 10.2. The molecule has 5 nitrogen and oxygen atoms in total. The summed E-state index contributed by atoms with van der Waals surface area (Å²) in [6.45, 7) is 4.49. The van der Waals surface area contributed by atoms with Gasteiger partial charge in [-0.25, -0.2) is 15.0 Å². The van der Waals surface area contributed by atoms with Gasteiger partial charge in [-0.1, -0.05) is 123 Å². The summed E-state index contributed by atoms with van der Waals surface area (Å²) in [4.78, 5) is 19.4. The molecule has 1 aliphatic carbocycles. The topological polar surface area (TPSA) is 75.3 Å². The Hall–Kier alpha value is -7.03. The summed E-state index contributed by atoms with van der Waals surface area (Å²) in [6, 6.07) is 54.5. The van der Waals surface area contributed by atoms with E-state index in [9.17, 15) is 5.26 Å². The average Bonchev–Trinajstić information content (AvgIpc) is 3.46. The quantitative estimate of drug-likeness (QED) is 0.175. The predicted octanol–water partition coefficient (Wildman–Crippen LogP) is 11.4. The highest BCUT2D eigenvalue weighted by molar-refractivity contribution is 5.85. The van der Waals surface area contributed by atoms with Gasteiger partial charge >= 0.3 is 0 Å². The molecule has 8 aromatic rings. The number of aromatic nitrogens is 4. The van der Waals surface area contributed by atoms with Crippen LogP contribution in [-0.2, 0) is 5.41 Å². The van der Waals surface area contributed by atoms with Crippen molar-refractivity contribution in [3.8, 4) is 84.7 Å². The summed E-state index contributed by atoms with van der Waals surface area (Å²) >= 11 is 0. The third-order valence-electron chi connectivity index (χ3n) is 10.2. The van der Waals surface area contributed by atoms with Crippen LogP contribution in [0.3, 0.4) is 0 Å². The van der Waals surface area contributed by atoms with E-state index in [-0.39, 0.29) is 5.41 Å². The van der Waals surface area contributed by atoms with Gasteiger partial charge < -0.3 is 0 Å². The van der Waals surface area contributed by atoms with Crippen LogP contribution in [0.5, 0.6) is 0 Å². The molecule has 5 heteroatoms. The van der Waals surface area contributed by atoms with Crippen LogP contribution < -0.4 is 0 Å². The zero-order valence-electron chi connectivity index (χ0n) is 29.3. The van der Waals surface area contributed by atoms with Crippen molar-refractivity contribution in [2.75, 3.05) is 0 Å². The molecule has 0 radical (unpaired) electrons. The average molecular weight is 680 g/mol. The number of benzene rings is 6. The second-order valence-electron chi connectivity index (χ2n) is 13.9. The minimum absolute atomic E-state index is 0.202. The van der Waals surface area contributed by atoms with Crippen molar-refractivity contribution >= 4 is 0 Å². The van der Waals surface area contributed by atoms with E-state index in [0.29, 0.717) is 23.0 Å². The molecule has 53 heavy (non-hydrogen) atoms. The first kappa shape index (κ1) is 31.9. The molecule has 0 aliphatic heterocycles. The highest BCUT2D eigenvalue weighted by Crippen LogP contribution is 2.50. The number of nitrogens with zero attached hydrogens (tertiary/aromatic N) is 5. The van der Waals surface area contributed by atoms with Crippen molar-refractivity contribution in [1.82, 2.24) is 19.9 Å². The first-order chi connectivity index (χ1) is 25.9. The number of rotatable bonds is 6. The van der Waals surface area contributed by atoms with Crippen LogP contribution in [0.15, 0.2) is 164 Å². The van der Waals surface area contributed by atoms with E-state index in [2.05, 4.69) is 97.7 Å². The Morgan fingerprint density at radius 3 is 1.51 bits per heavy atom. The van der Waals surface area contributed by atoms with Crippen LogP contribution in [-0.4, -0.2) is 19.9 Å². The normalized spacial score (nSPS) is 12.5. The van der Waals surface area contributed by atoms with Crippen LogP contribution in [0.4, 0.5) is 0 Å². The molecule has 1 aliphatic rings. The molecule has 0 atom stereocenters. The molecule has 0 saturated carbocycles. The molecule has 0 N–H and O–H groups in total.